The molecule has 0 amide bonds. The predicted octanol–water partition coefficient (Wildman–Crippen LogP) is 6.02. The molecule has 0 unspecified atom stereocenters. The van der Waals surface area contributed by atoms with E-state index < -0.39 is 0 Å². The molecule has 142 valence electrons. The Morgan fingerprint density at radius 2 is 1.59 bits per heavy atom. The highest BCUT2D eigenvalue weighted by Crippen LogP contribution is 2.43. The minimum atomic E-state index is -0.243. The first-order valence-electron chi connectivity index (χ1n) is 9.75. The highest BCUT2D eigenvalue weighted by Gasteiger charge is 2.28. The van der Waals surface area contributed by atoms with E-state index in [2.05, 4.69) is 8.97 Å². The van der Waals surface area contributed by atoms with Crippen molar-refractivity contribution in [1.29, 1.82) is 0 Å². The highest BCUT2D eigenvalue weighted by atomic mass is 19.1. The molecule has 0 spiro atoms. The van der Waals surface area contributed by atoms with E-state index in [1.165, 1.54) is 0 Å². The van der Waals surface area contributed by atoms with E-state index in [0.717, 1.165) is 49.2 Å². The number of pyridine rings is 2. The van der Waals surface area contributed by atoms with Crippen LogP contribution in [-0.4, -0.2) is 4.40 Å². The number of halogens is 2. The molecule has 0 aliphatic rings. The highest BCUT2D eigenvalue weighted by molar-refractivity contribution is 6.27. The summed E-state index contributed by atoms with van der Waals surface area (Å²) < 4.78 is 34.7. The predicted molar refractivity (Wildman–Crippen MR) is 114 cm³/mol. The first kappa shape index (κ1) is 16.7. The van der Waals surface area contributed by atoms with Gasteiger partial charge in [0.15, 0.2) is 6.20 Å². The van der Waals surface area contributed by atoms with Crippen LogP contribution in [0.4, 0.5) is 8.78 Å². The summed E-state index contributed by atoms with van der Waals surface area (Å²) >= 11 is 0. The third-order valence-corrected chi connectivity index (χ3v) is 6.64. The van der Waals surface area contributed by atoms with E-state index in [0.29, 0.717) is 16.5 Å². The lowest BCUT2D eigenvalue weighted by Crippen LogP contribution is -2.29. The van der Waals surface area contributed by atoms with Gasteiger partial charge in [-0.3, -0.25) is 0 Å². The average molecular weight is 385 g/mol. The quantitative estimate of drug-likeness (QED) is 0.172. The molecule has 3 aromatic heterocycles. The Labute approximate surface area is 165 Å². The van der Waals surface area contributed by atoms with Gasteiger partial charge in [-0.1, -0.05) is 18.2 Å². The molecule has 4 heteroatoms. The summed E-state index contributed by atoms with van der Waals surface area (Å²) in [4.78, 5) is 0. The number of para-hydroxylation sites is 1. The van der Waals surface area contributed by atoms with Gasteiger partial charge in [0.2, 0.25) is 5.52 Å². The number of aromatic nitrogens is 2. The average Bonchev–Trinajstić information content (AvgIpc) is 3.07. The van der Waals surface area contributed by atoms with Crippen molar-refractivity contribution in [1.82, 2.24) is 4.40 Å². The van der Waals surface area contributed by atoms with Gasteiger partial charge < -0.3 is 4.40 Å². The van der Waals surface area contributed by atoms with E-state index in [9.17, 15) is 0 Å². The monoisotopic (exact) mass is 385 g/mol. The van der Waals surface area contributed by atoms with Crippen molar-refractivity contribution < 1.29 is 13.3 Å². The van der Waals surface area contributed by atoms with Gasteiger partial charge in [0.05, 0.1) is 27.3 Å². The molecule has 0 fully saturated rings. The number of hydrogen-bond acceptors (Lipinski definition) is 0. The summed E-state index contributed by atoms with van der Waals surface area (Å²) in [5.41, 5.74) is 5.74. The maximum atomic E-state index is 15.3. The molecule has 3 aromatic carbocycles. The number of nitrogens with zero attached hydrogens (tertiary/aromatic N) is 2. The van der Waals surface area contributed by atoms with Crippen molar-refractivity contribution >= 4 is 49.0 Å². The van der Waals surface area contributed by atoms with Gasteiger partial charge in [-0.25, -0.2) is 13.3 Å². The van der Waals surface area contributed by atoms with Crippen molar-refractivity contribution in [2.45, 2.75) is 20.8 Å². The van der Waals surface area contributed by atoms with Crippen LogP contribution >= 0.6 is 0 Å². The second-order valence-corrected chi connectivity index (χ2v) is 8.09. The Hall–Kier alpha value is -3.27. The van der Waals surface area contributed by atoms with Crippen LogP contribution in [0.3, 0.4) is 0 Å². The maximum absolute atomic E-state index is 15.3. The van der Waals surface area contributed by atoms with E-state index in [1.807, 2.05) is 64.3 Å². The molecular formula is C25H19F2N2+. The van der Waals surface area contributed by atoms with Crippen molar-refractivity contribution in [2.24, 2.45) is 7.05 Å². The lowest BCUT2D eigenvalue weighted by atomic mass is 9.94. The SMILES string of the molecule is Cc1c(F)c(C)c2c(c1C)c1c3c(cc[n+]1C)cc(F)c1c4ccccc4n2c13. The van der Waals surface area contributed by atoms with Crippen LogP contribution in [0.5, 0.6) is 0 Å². The molecule has 0 bridgehead atoms. The zero-order valence-electron chi connectivity index (χ0n) is 16.7. The third kappa shape index (κ3) is 1.78. The Kier molecular flexibility index (Phi) is 2.99. The van der Waals surface area contributed by atoms with Crippen LogP contribution in [0.2, 0.25) is 0 Å². The molecule has 0 saturated carbocycles. The molecule has 0 N–H and O–H groups in total. The Balaban J connectivity index is 2.20. The fourth-order valence-corrected chi connectivity index (χ4v) is 5.16. The zero-order chi connectivity index (χ0) is 20.2. The van der Waals surface area contributed by atoms with Crippen molar-refractivity contribution in [3.05, 3.63) is 70.9 Å². The first-order chi connectivity index (χ1) is 13.9. The number of fused-ring (bicyclic) bond motifs is 6. The third-order valence-electron chi connectivity index (χ3n) is 6.64. The molecule has 0 atom stereocenters. The minimum Gasteiger partial charge on any atom is -0.307 e. The standard InChI is InChI=1S/C25H19F2N2/c1-12-13(2)22(27)14(3)23-19(12)24-20-15(9-10-28(24)4)11-17(26)21-16-7-5-6-8-18(16)29(23)25(20)21/h5-11H,1-4H3/q+1. The molecule has 3 heterocycles. The van der Waals surface area contributed by atoms with E-state index in [4.69, 9.17) is 0 Å². The van der Waals surface area contributed by atoms with Crippen LogP contribution in [-0.2, 0) is 7.05 Å². The minimum absolute atomic E-state index is 0.193. The summed E-state index contributed by atoms with van der Waals surface area (Å²) in [6.45, 7) is 5.64. The number of rotatable bonds is 0. The van der Waals surface area contributed by atoms with Crippen molar-refractivity contribution in [2.75, 3.05) is 0 Å². The Bertz CT molecular complexity index is 1660. The second-order valence-electron chi connectivity index (χ2n) is 8.09. The summed E-state index contributed by atoms with van der Waals surface area (Å²) in [6, 6.07) is 11.4. The molecule has 0 aliphatic carbocycles. The second kappa shape index (κ2) is 5.20. The van der Waals surface area contributed by atoms with Gasteiger partial charge in [-0.05, 0) is 49.4 Å². The summed E-state index contributed by atoms with van der Waals surface area (Å²) in [5, 5.41) is 4.35. The topological polar surface area (TPSA) is 8.29 Å². The molecule has 0 aliphatic heterocycles. The van der Waals surface area contributed by atoms with Crippen LogP contribution in [0, 0.1) is 32.4 Å². The smallest absolute Gasteiger partial charge is 0.224 e. The lowest BCUT2D eigenvalue weighted by Gasteiger charge is -2.17. The molecule has 6 aromatic rings. The summed E-state index contributed by atoms with van der Waals surface area (Å²) in [7, 11) is 2.00. The van der Waals surface area contributed by atoms with E-state index >= 15 is 8.78 Å². The number of aryl methyl sites for hydroxylation is 3. The summed E-state index contributed by atoms with van der Waals surface area (Å²) in [5.74, 6) is -0.436. The first-order valence-corrected chi connectivity index (χ1v) is 9.75. The fourth-order valence-electron chi connectivity index (χ4n) is 5.16. The number of benzene rings is 3. The molecular weight excluding hydrogens is 366 g/mol. The normalized spacial score (nSPS) is 12.5. The molecule has 6 rings (SSSR count). The summed E-state index contributed by atoms with van der Waals surface area (Å²) in [6.07, 6.45) is 1.96. The van der Waals surface area contributed by atoms with Crippen LogP contribution < -0.4 is 4.57 Å². The number of hydrogen-bond donors (Lipinski definition) is 0. The van der Waals surface area contributed by atoms with Crippen LogP contribution in [0.1, 0.15) is 16.7 Å². The lowest BCUT2D eigenvalue weighted by molar-refractivity contribution is -0.643. The molecule has 0 radical (unpaired) electrons. The van der Waals surface area contributed by atoms with Crippen molar-refractivity contribution in [3.8, 4) is 0 Å². The van der Waals surface area contributed by atoms with Crippen LogP contribution in [0.25, 0.3) is 49.0 Å². The van der Waals surface area contributed by atoms with Gasteiger partial charge in [0.1, 0.15) is 18.7 Å². The Morgan fingerprint density at radius 1 is 0.828 bits per heavy atom. The Morgan fingerprint density at radius 3 is 2.38 bits per heavy atom. The van der Waals surface area contributed by atoms with E-state index in [-0.39, 0.29) is 11.6 Å². The van der Waals surface area contributed by atoms with Crippen molar-refractivity contribution in [3.63, 3.8) is 0 Å². The van der Waals surface area contributed by atoms with Crippen LogP contribution in [0.15, 0.2) is 42.6 Å². The zero-order valence-corrected chi connectivity index (χ0v) is 16.7. The largest absolute Gasteiger partial charge is 0.307 e. The van der Waals surface area contributed by atoms with Gasteiger partial charge in [-0.15, -0.1) is 0 Å². The fraction of sp³-hybridized carbons (Fsp3) is 0.160. The maximum Gasteiger partial charge on any atom is 0.224 e. The van der Waals surface area contributed by atoms with Gasteiger partial charge in [-0.2, -0.15) is 0 Å². The molecule has 0 saturated heterocycles. The molecule has 2 nitrogen and oxygen atoms in total. The van der Waals surface area contributed by atoms with Gasteiger partial charge >= 0.3 is 0 Å². The molecule has 29 heavy (non-hydrogen) atoms. The van der Waals surface area contributed by atoms with E-state index in [1.54, 1.807) is 6.07 Å². The van der Waals surface area contributed by atoms with Gasteiger partial charge in [0, 0.05) is 22.4 Å². The van der Waals surface area contributed by atoms with Gasteiger partial charge in [0.25, 0.3) is 0 Å².